The molecule has 3 heteroatoms. The number of aryl methyl sites for hydroxylation is 1. The summed E-state index contributed by atoms with van der Waals surface area (Å²) in [4.78, 5) is 9.58. The fraction of sp³-hybridized carbons (Fsp3) is 0.0476. The summed E-state index contributed by atoms with van der Waals surface area (Å²) in [6.45, 7) is 0. The van der Waals surface area contributed by atoms with Crippen molar-refractivity contribution >= 4 is 22.7 Å². The molecule has 0 amide bonds. The first-order valence-electron chi connectivity index (χ1n) is 7.94. The average molecular weight is 311 g/mol. The van der Waals surface area contributed by atoms with Crippen molar-refractivity contribution in [3.05, 3.63) is 96.1 Å². The fourth-order valence-corrected chi connectivity index (χ4v) is 2.82. The molecular formula is C21H17N3. The summed E-state index contributed by atoms with van der Waals surface area (Å²) in [5, 5.41) is 0. The van der Waals surface area contributed by atoms with E-state index in [1.807, 2.05) is 66.2 Å². The van der Waals surface area contributed by atoms with E-state index < -0.39 is 0 Å². The van der Waals surface area contributed by atoms with Crippen molar-refractivity contribution in [1.82, 2.24) is 9.55 Å². The molecule has 0 saturated carbocycles. The summed E-state index contributed by atoms with van der Waals surface area (Å²) in [7, 11) is 2.00. The van der Waals surface area contributed by atoms with Gasteiger partial charge in [-0.05, 0) is 12.1 Å². The molecule has 0 spiro atoms. The highest BCUT2D eigenvalue weighted by molar-refractivity contribution is 6.13. The molecule has 4 rings (SSSR count). The van der Waals surface area contributed by atoms with E-state index in [4.69, 9.17) is 4.99 Å². The third-order valence-corrected chi connectivity index (χ3v) is 4.07. The predicted octanol–water partition coefficient (Wildman–Crippen LogP) is 4.74. The molecular weight excluding hydrogens is 294 g/mol. The van der Waals surface area contributed by atoms with Crippen molar-refractivity contribution in [3.63, 3.8) is 0 Å². The average Bonchev–Trinajstić information content (AvgIpc) is 2.97. The van der Waals surface area contributed by atoms with Gasteiger partial charge in [0.25, 0.3) is 0 Å². The largest absolute Gasteiger partial charge is 0.311 e. The Kier molecular flexibility index (Phi) is 3.67. The van der Waals surface area contributed by atoms with Crippen LogP contribution in [0.25, 0.3) is 11.0 Å². The summed E-state index contributed by atoms with van der Waals surface area (Å²) in [5.41, 5.74) is 5.12. The Morgan fingerprint density at radius 1 is 0.750 bits per heavy atom. The molecule has 0 fully saturated rings. The zero-order valence-electron chi connectivity index (χ0n) is 13.4. The standard InChI is InChI=1S/C21H17N3/c1-24-19-15-9-8-14-18(19)22-21(24)23-20(16-10-4-2-5-11-16)17-12-6-3-7-13-17/h2-15H,1H3. The molecule has 116 valence electrons. The first kappa shape index (κ1) is 14.4. The first-order valence-corrected chi connectivity index (χ1v) is 7.94. The summed E-state index contributed by atoms with van der Waals surface area (Å²) >= 11 is 0. The van der Waals surface area contributed by atoms with E-state index in [9.17, 15) is 0 Å². The highest BCUT2D eigenvalue weighted by Crippen LogP contribution is 2.22. The van der Waals surface area contributed by atoms with Crippen LogP contribution in [0.5, 0.6) is 0 Å². The predicted molar refractivity (Wildman–Crippen MR) is 98.9 cm³/mol. The smallest absolute Gasteiger partial charge is 0.230 e. The van der Waals surface area contributed by atoms with Gasteiger partial charge in [0, 0.05) is 18.2 Å². The molecule has 0 aliphatic heterocycles. The maximum absolute atomic E-state index is 4.90. The number of nitrogens with zero attached hydrogens (tertiary/aromatic N) is 3. The van der Waals surface area contributed by atoms with Gasteiger partial charge in [0.1, 0.15) is 0 Å². The molecule has 0 bridgehead atoms. The van der Waals surface area contributed by atoms with Crippen molar-refractivity contribution in [2.24, 2.45) is 12.0 Å². The summed E-state index contributed by atoms with van der Waals surface area (Å²) in [6.07, 6.45) is 0. The van der Waals surface area contributed by atoms with Crippen LogP contribution in [0.2, 0.25) is 0 Å². The van der Waals surface area contributed by atoms with Gasteiger partial charge in [-0.2, -0.15) is 0 Å². The monoisotopic (exact) mass is 311 g/mol. The molecule has 0 unspecified atom stereocenters. The lowest BCUT2D eigenvalue weighted by molar-refractivity contribution is 0.943. The van der Waals surface area contributed by atoms with Crippen molar-refractivity contribution < 1.29 is 0 Å². The summed E-state index contributed by atoms with van der Waals surface area (Å²) in [6, 6.07) is 28.6. The lowest BCUT2D eigenvalue weighted by Crippen LogP contribution is -2.03. The molecule has 3 aromatic carbocycles. The summed E-state index contributed by atoms with van der Waals surface area (Å²) in [5.74, 6) is 0.707. The van der Waals surface area contributed by atoms with E-state index in [-0.39, 0.29) is 0 Å². The molecule has 4 aromatic rings. The maximum Gasteiger partial charge on any atom is 0.230 e. The Balaban J connectivity index is 1.92. The van der Waals surface area contributed by atoms with Crippen LogP contribution < -0.4 is 0 Å². The number of rotatable bonds is 3. The van der Waals surface area contributed by atoms with Gasteiger partial charge in [-0.3, -0.25) is 0 Å². The van der Waals surface area contributed by atoms with Gasteiger partial charge < -0.3 is 4.57 Å². The van der Waals surface area contributed by atoms with Crippen molar-refractivity contribution in [3.8, 4) is 0 Å². The van der Waals surface area contributed by atoms with E-state index in [1.54, 1.807) is 0 Å². The Bertz CT molecular complexity index is 958. The summed E-state index contributed by atoms with van der Waals surface area (Å²) < 4.78 is 2.03. The van der Waals surface area contributed by atoms with Crippen LogP contribution in [0, 0.1) is 0 Å². The van der Waals surface area contributed by atoms with E-state index in [2.05, 4.69) is 35.3 Å². The molecule has 0 saturated heterocycles. The lowest BCUT2D eigenvalue weighted by atomic mass is 10.0. The second-order valence-corrected chi connectivity index (χ2v) is 5.65. The normalized spacial score (nSPS) is 10.7. The fourth-order valence-electron chi connectivity index (χ4n) is 2.82. The number of benzene rings is 3. The van der Waals surface area contributed by atoms with E-state index in [0.29, 0.717) is 5.95 Å². The number of imidazole rings is 1. The van der Waals surface area contributed by atoms with Gasteiger partial charge in [-0.15, -0.1) is 0 Å². The second kappa shape index (κ2) is 6.13. The van der Waals surface area contributed by atoms with Crippen molar-refractivity contribution in [2.75, 3.05) is 0 Å². The topological polar surface area (TPSA) is 30.2 Å². The van der Waals surface area contributed by atoms with E-state index in [1.165, 1.54) is 0 Å². The van der Waals surface area contributed by atoms with Gasteiger partial charge >= 0.3 is 0 Å². The number of hydrogen-bond acceptors (Lipinski definition) is 2. The third-order valence-electron chi connectivity index (χ3n) is 4.07. The Morgan fingerprint density at radius 2 is 1.29 bits per heavy atom. The van der Waals surface area contributed by atoms with Crippen molar-refractivity contribution in [2.45, 2.75) is 0 Å². The van der Waals surface area contributed by atoms with Crippen LogP contribution in [0.1, 0.15) is 11.1 Å². The van der Waals surface area contributed by atoms with Gasteiger partial charge in [-0.1, -0.05) is 72.8 Å². The Labute approximate surface area is 140 Å². The minimum absolute atomic E-state index is 0.707. The van der Waals surface area contributed by atoms with Gasteiger partial charge in [0.15, 0.2) is 0 Å². The van der Waals surface area contributed by atoms with Gasteiger partial charge in [0.05, 0.1) is 16.7 Å². The Hall–Kier alpha value is -3.20. The van der Waals surface area contributed by atoms with Gasteiger partial charge in [-0.25, -0.2) is 9.98 Å². The van der Waals surface area contributed by atoms with E-state index >= 15 is 0 Å². The molecule has 3 nitrogen and oxygen atoms in total. The molecule has 1 heterocycles. The SMILES string of the molecule is Cn1c(N=C(c2ccccc2)c2ccccc2)nc2ccccc21. The van der Waals surface area contributed by atoms with Crippen LogP contribution in [-0.2, 0) is 7.05 Å². The molecule has 0 N–H and O–H groups in total. The van der Waals surface area contributed by atoms with Crippen LogP contribution in [0.4, 0.5) is 5.95 Å². The molecule has 0 atom stereocenters. The van der Waals surface area contributed by atoms with Crippen molar-refractivity contribution in [1.29, 1.82) is 0 Å². The molecule has 24 heavy (non-hydrogen) atoms. The minimum Gasteiger partial charge on any atom is -0.311 e. The van der Waals surface area contributed by atoms with Crippen LogP contribution in [0.15, 0.2) is 89.9 Å². The first-order chi connectivity index (χ1) is 11.8. The number of hydrogen-bond donors (Lipinski definition) is 0. The van der Waals surface area contributed by atoms with Crippen LogP contribution in [0.3, 0.4) is 0 Å². The molecule has 1 aromatic heterocycles. The van der Waals surface area contributed by atoms with Crippen LogP contribution in [-0.4, -0.2) is 15.3 Å². The second-order valence-electron chi connectivity index (χ2n) is 5.65. The number of fused-ring (bicyclic) bond motifs is 1. The third kappa shape index (κ3) is 2.61. The minimum atomic E-state index is 0.707. The quantitative estimate of drug-likeness (QED) is 0.502. The van der Waals surface area contributed by atoms with E-state index in [0.717, 1.165) is 27.9 Å². The number of aliphatic imine (C=N–C) groups is 1. The zero-order chi connectivity index (χ0) is 16.4. The molecule has 0 aliphatic rings. The highest BCUT2D eigenvalue weighted by Gasteiger charge is 2.11. The number of aromatic nitrogens is 2. The van der Waals surface area contributed by atoms with Crippen LogP contribution >= 0.6 is 0 Å². The Morgan fingerprint density at radius 3 is 1.88 bits per heavy atom. The zero-order valence-corrected chi connectivity index (χ0v) is 13.4. The maximum atomic E-state index is 4.90. The number of para-hydroxylation sites is 2. The van der Waals surface area contributed by atoms with Gasteiger partial charge in [0.2, 0.25) is 5.95 Å². The lowest BCUT2D eigenvalue weighted by Gasteiger charge is -2.07. The molecule has 0 aliphatic carbocycles. The highest BCUT2D eigenvalue weighted by atomic mass is 15.2. The molecule has 0 radical (unpaired) electrons.